The Morgan fingerprint density at radius 2 is 1.77 bits per heavy atom. The number of benzene rings is 2. The predicted molar refractivity (Wildman–Crippen MR) is 104 cm³/mol. The zero-order valence-corrected chi connectivity index (χ0v) is 15.8. The van der Waals surface area contributed by atoms with Gasteiger partial charge in [0.15, 0.2) is 0 Å². The second-order valence-electron chi connectivity index (χ2n) is 6.79. The van der Waals surface area contributed by atoms with E-state index in [4.69, 9.17) is 0 Å². The molecule has 0 aliphatic heterocycles. The van der Waals surface area contributed by atoms with Crippen molar-refractivity contribution in [2.75, 3.05) is 11.1 Å². The third kappa shape index (κ3) is 4.29. The lowest BCUT2D eigenvalue weighted by Gasteiger charge is -2.19. The van der Waals surface area contributed by atoms with Crippen molar-refractivity contribution in [2.45, 2.75) is 31.5 Å². The molecule has 3 aromatic rings. The largest absolute Gasteiger partial charge is 0.325 e. The van der Waals surface area contributed by atoms with Crippen molar-refractivity contribution < 1.29 is 4.79 Å². The summed E-state index contributed by atoms with van der Waals surface area (Å²) < 4.78 is 1.73. The van der Waals surface area contributed by atoms with Crippen LogP contribution in [0.25, 0.3) is 11.1 Å². The molecule has 26 heavy (non-hydrogen) atoms. The van der Waals surface area contributed by atoms with Gasteiger partial charge in [0.05, 0.1) is 11.3 Å². The van der Waals surface area contributed by atoms with Gasteiger partial charge in [0, 0.05) is 11.3 Å². The van der Waals surface area contributed by atoms with E-state index in [0.29, 0.717) is 5.16 Å². The Morgan fingerprint density at radius 1 is 1.08 bits per heavy atom. The lowest BCUT2D eigenvalue weighted by molar-refractivity contribution is -0.113. The van der Waals surface area contributed by atoms with E-state index in [1.165, 1.54) is 11.8 Å². The number of nitrogens with one attached hydrogen (secondary N) is 1. The fourth-order valence-corrected chi connectivity index (χ4v) is 3.33. The number of para-hydroxylation sites is 1. The topological polar surface area (TPSA) is 72.7 Å². The first kappa shape index (κ1) is 18.1. The molecule has 0 unspecified atom stereocenters. The van der Waals surface area contributed by atoms with Gasteiger partial charge in [-0.25, -0.2) is 4.68 Å². The van der Waals surface area contributed by atoms with Crippen molar-refractivity contribution in [2.24, 2.45) is 0 Å². The average molecular weight is 367 g/mol. The molecule has 6 nitrogen and oxygen atoms in total. The van der Waals surface area contributed by atoms with Crippen LogP contribution in [0.1, 0.15) is 20.8 Å². The van der Waals surface area contributed by atoms with E-state index in [-0.39, 0.29) is 17.2 Å². The van der Waals surface area contributed by atoms with Gasteiger partial charge in [0.2, 0.25) is 11.1 Å². The predicted octanol–water partition coefficient (Wildman–Crippen LogP) is 3.83. The first-order valence-corrected chi connectivity index (χ1v) is 9.29. The van der Waals surface area contributed by atoms with Gasteiger partial charge < -0.3 is 5.32 Å². The van der Waals surface area contributed by atoms with Gasteiger partial charge in [-0.3, -0.25) is 4.79 Å². The average Bonchev–Trinajstić information content (AvgIpc) is 3.10. The maximum absolute atomic E-state index is 12.4. The molecule has 1 N–H and O–H groups in total. The molecular weight excluding hydrogens is 346 g/mol. The standard InChI is InChI=1S/C19H21N5OS/c1-19(2,3)24-18(21-22-23-24)26-13-17(25)20-16-12-8-7-11-15(16)14-9-5-4-6-10-14/h4-12H,13H2,1-3H3,(H,20,25). The fourth-order valence-electron chi connectivity index (χ4n) is 2.47. The Balaban J connectivity index is 1.70. The van der Waals surface area contributed by atoms with Crippen molar-refractivity contribution in [3.05, 3.63) is 54.6 Å². The summed E-state index contributed by atoms with van der Waals surface area (Å²) in [5, 5.41) is 15.4. The minimum atomic E-state index is -0.234. The van der Waals surface area contributed by atoms with Crippen molar-refractivity contribution in [3.63, 3.8) is 0 Å². The van der Waals surface area contributed by atoms with Gasteiger partial charge in [0.25, 0.3) is 0 Å². The minimum absolute atomic E-state index is 0.0955. The molecule has 7 heteroatoms. The van der Waals surface area contributed by atoms with Crippen LogP contribution in [0.15, 0.2) is 59.8 Å². The molecular formula is C19H21N5OS. The SMILES string of the molecule is CC(C)(C)n1nnnc1SCC(=O)Nc1ccccc1-c1ccccc1. The first-order chi connectivity index (χ1) is 12.4. The van der Waals surface area contributed by atoms with Gasteiger partial charge in [-0.1, -0.05) is 60.3 Å². The molecule has 0 saturated heterocycles. The highest BCUT2D eigenvalue weighted by Gasteiger charge is 2.20. The molecule has 134 valence electrons. The number of anilines is 1. The Bertz CT molecular complexity index is 886. The molecule has 1 aromatic heterocycles. The number of amides is 1. The molecule has 0 aliphatic carbocycles. The highest BCUT2D eigenvalue weighted by atomic mass is 32.2. The van der Waals surface area contributed by atoms with Crippen molar-refractivity contribution in [1.82, 2.24) is 20.2 Å². The van der Waals surface area contributed by atoms with E-state index >= 15 is 0 Å². The summed E-state index contributed by atoms with van der Waals surface area (Å²) in [6, 6.07) is 17.8. The normalized spacial score (nSPS) is 11.3. The quantitative estimate of drug-likeness (QED) is 0.694. The van der Waals surface area contributed by atoms with E-state index in [9.17, 15) is 4.79 Å². The third-order valence-electron chi connectivity index (χ3n) is 3.69. The summed E-state index contributed by atoms with van der Waals surface area (Å²) in [5.74, 6) is 0.140. The highest BCUT2D eigenvalue weighted by Crippen LogP contribution is 2.28. The third-order valence-corrected chi connectivity index (χ3v) is 4.61. The zero-order chi connectivity index (χ0) is 18.6. The smallest absolute Gasteiger partial charge is 0.234 e. The number of nitrogens with zero attached hydrogens (tertiary/aromatic N) is 4. The Morgan fingerprint density at radius 3 is 2.50 bits per heavy atom. The van der Waals surface area contributed by atoms with E-state index in [0.717, 1.165) is 16.8 Å². The summed E-state index contributed by atoms with van der Waals surface area (Å²) in [4.78, 5) is 12.4. The lowest BCUT2D eigenvalue weighted by atomic mass is 10.0. The van der Waals surface area contributed by atoms with Crippen LogP contribution in [-0.4, -0.2) is 31.9 Å². The van der Waals surface area contributed by atoms with Gasteiger partial charge in [-0.15, -0.1) is 5.10 Å². The van der Waals surface area contributed by atoms with Crippen LogP contribution in [0.2, 0.25) is 0 Å². The minimum Gasteiger partial charge on any atom is -0.325 e. The summed E-state index contributed by atoms with van der Waals surface area (Å²) >= 11 is 1.32. The molecule has 0 aliphatic rings. The summed E-state index contributed by atoms with van der Waals surface area (Å²) in [5.41, 5.74) is 2.61. The molecule has 0 saturated carbocycles. The molecule has 0 bridgehead atoms. The number of hydrogen-bond donors (Lipinski definition) is 1. The summed E-state index contributed by atoms with van der Waals surface area (Å²) in [6.45, 7) is 6.05. The number of hydrogen-bond acceptors (Lipinski definition) is 5. The van der Waals surface area contributed by atoms with E-state index in [1.54, 1.807) is 4.68 Å². The van der Waals surface area contributed by atoms with Crippen LogP contribution < -0.4 is 5.32 Å². The maximum atomic E-state index is 12.4. The Hall–Kier alpha value is -2.67. The van der Waals surface area contributed by atoms with E-state index in [2.05, 4.69) is 20.8 Å². The van der Waals surface area contributed by atoms with Crippen LogP contribution >= 0.6 is 11.8 Å². The van der Waals surface area contributed by atoms with Gasteiger partial charge in [-0.2, -0.15) is 0 Å². The van der Waals surface area contributed by atoms with Gasteiger partial charge in [0.1, 0.15) is 0 Å². The molecule has 1 heterocycles. The van der Waals surface area contributed by atoms with E-state index in [1.807, 2.05) is 75.4 Å². The van der Waals surface area contributed by atoms with Crippen LogP contribution in [-0.2, 0) is 10.3 Å². The number of aromatic nitrogens is 4. The fraction of sp³-hybridized carbons (Fsp3) is 0.263. The maximum Gasteiger partial charge on any atom is 0.234 e. The molecule has 2 aromatic carbocycles. The molecule has 0 fully saturated rings. The van der Waals surface area contributed by atoms with Crippen LogP contribution in [0.3, 0.4) is 0 Å². The number of carbonyl (C=O) groups excluding carboxylic acids is 1. The van der Waals surface area contributed by atoms with Crippen LogP contribution in [0.4, 0.5) is 5.69 Å². The molecule has 0 atom stereocenters. The molecule has 0 radical (unpaired) electrons. The Kier molecular flexibility index (Phi) is 5.37. The second-order valence-corrected chi connectivity index (χ2v) is 7.74. The summed E-state index contributed by atoms with van der Waals surface area (Å²) in [7, 11) is 0. The van der Waals surface area contributed by atoms with Crippen molar-refractivity contribution in [1.29, 1.82) is 0 Å². The van der Waals surface area contributed by atoms with Crippen LogP contribution in [0.5, 0.6) is 0 Å². The second kappa shape index (κ2) is 7.70. The molecule has 0 spiro atoms. The number of thioether (sulfide) groups is 1. The van der Waals surface area contributed by atoms with Gasteiger partial charge in [-0.05, 0) is 42.8 Å². The highest BCUT2D eigenvalue weighted by molar-refractivity contribution is 7.99. The first-order valence-electron chi connectivity index (χ1n) is 8.31. The van der Waals surface area contributed by atoms with Crippen molar-refractivity contribution in [3.8, 4) is 11.1 Å². The molecule has 3 rings (SSSR count). The molecule has 1 amide bonds. The zero-order valence-electron chi connectivity index (χ0n) is 15.0. The Labute approximate surface area is 157 Å². The van der Waals surface area contributed by atoms with Crippen molar-refractivity contribution >= 4 is 23.4 Å². The number of carbonyl (C=O) groups is 1. The number of tetrazole rings is 1. The summed E-state index contributed by atoms with van der Waals surface area (Å²) in [6.07, 6.45) is 0. The number of rotatable bonds is 5. The monoisotopic (exact) mass is 367 g/mol. The van der Waals surface area contributed by atoms with Crippen LogP contribution in [0, 0.1) is 0 Å². The van der Waals surface area contributed by atoms with E-state index < -0.39 is 0 Å². The van der Waals surface area contributed by atoms with Gasteiger partial charge >= 0.3 is 0 Å². The lowest BCUT2D eigenvalue weighted by Crippen LogP contribution is -2.24.